The number of carbonyl (C=O) groups excluding carboxylic acids is 1. The number of aryl methyl sites for hydroxylation is 1. The van der Waals surface area contributed by atoms with Gasteiger partial charge in [-0.3, -0.25) is 4.79 Å². The largest absolute Gasteiger partial charge is 0.375 e. The minimum atomic E-state index is -0.246. The van der Waals surface area contributed by atoms with Crippen molar-refractivity contribution in [2.24, 2.45) is 0 Å². The minimum Gasteiger partial charge on any atom is -0.375 e. The maximum absolute atomic E-state index is 12.9. The molecule has 0 radical (unpaired) electrons. The minimum absolute atomic E-state index is 0.0170. The van der Waals surface area contributed by atoms with Gasteiger partial charge >= 0.3 is 0 Å². The fourth-order valence-corrected chi connectivity index (χ4v) is 3.44. The summed E-state index contributed by atoms with van der Waals surface area (Å²) in [6, 6.07) is 20.9. The summed E-state index contributed by atoms with van der Waals surface area (Å²) in [5, 5.41) is 3.98. The highest BCUT2D eigenvalue weighted by atomic mass is 35.5. The van der Waals surface area contributed by atoms with Gasteiger partial charge in [0.05, 0.1) is 11.7 Å². The van der Waals surface area contributed by atoms with Crippen LogP contribution in [0.2, 0.25) is 5.02 Å². The fourth-order valence-electron chi connectivity index (χ4n) is 3.20. The van der Waals surface area contributed by atoms with Crippen molar-refractivity contribution in [3.63, 3.8) is 0 Å². The Morgan fingerprint density at radius 1 is 1.00 bits per heavy atom. The molecular formula is C21H17ClN2O. The van der Waals surface area contributed by atoms with Crippen LogP contribution in [0.25, 0.3) is 11.3 Å². The first kappa shape index (κ1) is 15.9. The topological polar surface area (TPSA) is 42.0 Å². The van der Waals surface area contributed by atoms with Crippen LogP contribution in [-0.4, -0.2) is 16.8 Å². The summed E-state index contributed by atoms with van der Waals surface area (Å²) in [5.74, 6) is 0.0170. The smallest absolute Gasteiger partial charge is 0.203 e. The number of Topliss-reactive ketones (excluding diaryl/α,β-unsaturated/α-hetero) is 1. The van der Waals surface area contributed by atoms with Gasteiger partial charge < -0.3 is 5.32 Å². The van der Waals surface area contributed by atoms with Crippen LogP contribution in [0.4, 0.5) is 5.69 Å². The van der Waals surface area contributed by atoms with Crippen LogP contribution in [0.5, 0.6) is 0 Å². The molecule has 0 spiro atoms. The third-order valence-electron chi connectivity index (χ3n) is 4.52. The van der Waals surface area contributed by atoms with E-state index in [2.05, 4.69) is 16.4 Å². The van der Waals surface area contributed by atoms with Gasteiger partial charge in [-0.1, -0.05) is 54.1 Å². The second-order valence-electron chi connectivity index (χ2n) is 6.14. The molecule has 25 heavy (non-hydrogen) atoms. The van der Waals surface area contributed by atoms with Gasteiger partial charge in [-0.05, 0) is 42.7 Å². The molecule has 4 heteroatoms. The predicted octanol–water partition coefficient (Wildman–Crippen LogP) is 5.01. The van der Waals surface area contributed by atoms with Gasteiger partial charge in [0.1, 0.15) is 5.69 Å². The van der Waals surface area contributed by atoms with Gasteiger partial charge in [-0.25, -0.2) is 4.98 Å². The van der Waals surface area contributed by atoms with Crippen LogP contribution in [0.1, 0.15) is 22.5 Å². The molecule has 0 aliphatic carbocycles. The Hall–Kier alpha value is -2.65. The third-order valence-corrected chi connectivity index (χ3v) is 4.85. The maximum Gasteiger partial charge on any atom is 0.203 e. The van der Waals surface area contributed by atoms with E-state index < -0.39 is 0 Å². The van der Waals surface area contributed by atoms with E-state index in [4.69, 9.17) is 11.6 Å². The van der Waals surface area contributed by atoms with Crippen molar-refractivity contribution < 1.29 is 4.79 Å². The van der Waals surface area contributed by atoms with E-state index in [-0.39, 0.29) is 11.8 Å². The molecule has 2 aromatic carbocycles. The molecule has 1 N–H and O–H groups in total. The van der Waals surface area contributed by atoms with Crippen molar-refractivity contribution in [3.8, 4) is 11.3 Å². The van der Waals surface area contributed by atoms with Crippen LogP contribution in [0, 0.1) is 0 Å². The number of halogens is 1. The standard InChI is InChI=1S/C21H17ClN2O/c22-16-8-3-2-7-15(16)18-10-5-11-19(24-18)21(25)20-13-12-14-6-1-4-9-17(14)23-20/h1-11,20,23H,12-13H2. The number of benzene rings is 2. The summed E-state index contributed by atoms with van der Waals surface area (Å²) in [5.41, 5.74) is 4.31. The molecule has 0 bridgehead atoms. The van der Waals surface area contributed by atoms with Gasteiger partial charge in [0.15, 0.2) is 0 Å². The second-order valence-corrected chi connectivity index (χ2v) is 6.55. The third kappa shape index (κ3) is 3.15. The van der Waals surface area contributed by atoms with Gasteiger partial charge in [0.25, 0.3) is 0 Å². The van der Waals surface area contributed by atoms with Crippen LogP contribution in [0.3, 0.4) is 0 Å². The van der Waals surface area contributed by atoms with Crippen LogP contribution >= 0.6 is 11.6 Å². The highest BCUT2D eigenvalue weighted by Gasteiger charge is 2.25. The van der Waals surface area contributed by atoms with E-state index >= 15 is 0 Å². The van der Waals surface area contributed by atoms with Gasteiger partial charge in [-0.15, -0.1) is 0 Å². The molecule has 4 rings (SSSR count). The van der Waals surface area contributed by atoms with Crippen molar-refractivity contribution in [1.29, 1.82) is 0 Å². The van der Waals surface area contributed by atoms with Crippen molar-refractivity contribution >= 4 is 23.1 Å². The number of para-hydroxylation sites is 1. The highest BCUT2D eigenvalue weighted by Crippen LogP contribution is 2.28. The van der Waals surface area contributed by atoms with Gasteiger partial charge in [0, 0.05) is 16.3 Å². The molecular weight excluding hydrogens is 332 g/mol. The lowest BCUT2D eigenvalue weighted by Crippen LogP contribution is -2.34. The number of nitrogens with zero attached hydrogens (tertiary/aromatic N) is 1. The molecule has 0 fully saturated rings. The number of nitrogens with one attached hydrogen (secondary N) is 1. The summed E-state index contributed by atoms with van der Waals surface area (Å²) in [6.45, 7) is 0. The lowest BCUT2D eigenvalue weighted by molar-refractivity contribution is 0.0960. The molecule has 1 atom stereocenters. The molecule has 1 aliphatic rings. The SMILES string of the molecule is O=C(c1cccc(-c2ccccc2Cl)n1)C1CCc2ccccc2N1. The van der Waals surface area contributed by atoms with Crippen molar-refractivity contribution in [3.05, 3.63) is 83.0 Å². The van der Waals surface area contributed by atoms with Crippen molar-refractivity contribution in [2.45, 2.75) is 18.9 Å². The second kappa shape index (κ2) is 6.69. The molecule has 0 saturated heterocycles. The molecule has 2 heterocycles. The summed E-state index contributed by atoms with van der Waals surface area (Å²) in [7, 11) is 0. The summed E-state index contributed by atoms with van der Waals surface area (Å²) < 4.78 is 0. The number of ketones is 1. The predicted molar refractivity (Wildman–Crippen MR) is 101 cm³/mol. The lowest BCUT2D eigenvalue weighted by Gasteiger charge is -2.25. The zero-order valence-electron chi connectivity index (χ0n) is 13.6. The van der Waals surface area contributed by atoms with Crippen molar-refractivity contribution in [1.82, 2.24) is 4.98 Å². The average molecular weight is 349 g/mol. The Morgan fingerprint density at radius 3 is 2.68 bits per heavy atom. The van der Waals surface area contributed by atoms with E-state index in [0.29, 0.717) is 16.4 Å². The van der Waals surface area contributed by atoms with Gasteiger partial charge in [-0.2, -0.15) is 0 Å². The molecule has 0 saturated carbocycles. The Labute approximate surface area is 151 Å². The normalized spacial score (nSPS) is 16.0. The molecule has 3 aromatic rings. The first-order valence-electron chi connectivity index (χ1n) is 8.33. The number of aromatic nitrogens is 1. The summed E-state index contributed by atoms with van der Waals surface area (Å²) >= 11 is 6.26. The molecule has 124 valence electrons. The molecule has 0 amide bonds. The number of hydrogen-bond donors (Lipinski definition) is 1. The van der Waals surface area contributed by atoms with E-state index in [1.165, 1.54) is 5.56 Å². The Morgan fingerprint density at radius 2 is 1.80 bits per heavy atom. The molecule has 1 aromatic heterocycles. The van der Waals surface area contributed by atoms with Crippen LogP contribution in [-0.2, 0) is 6.42 Å². The number of pyridine rings is 1. The first-order valence-corrected chi connectivity index (χ1v) is 8.71. The quantitative estimate of drug-likeness (QED) is 0.676. The average Bonchev–Trinajstić information content (AvgIpc) is 2.67. The molecule has 3 nitrogen and oxygen atoms in total. The first-order chi connectivity index (χ1) is 12.2. The lowest BCUT2D eigenvalue weighted by atomic mass is 9.94. The monoisotopic (exact) mass is 348 g/mol. The molecule has 1 unspecified atom stereocenters. The number of rotatable bonds is 3. The highest BCUT2D eigenvalue weighted by molar-refractivity contribution is 6.33. The number of anilines is 1. The van der Waals surface area contributed by atoms with E-state index in [9.17, 15) is 4.79 Å². The number of carbonyl (C=O) groups is 1. The summed E-state index contributed by atoms with van der Waals surface area (Å²) in [4.78, 5) is 17.5. The Kier molecular flexibility index (Phi) is 4.24. The fraction of sp³-hybridized carbons (Fsp3) is 0.143. The molecule has 1 aliphatic heterocycles. The van der Waals surface area contributed by atoms with E-state index in [1.807, 2.05) is 54.6 Å². The maximum atomic E-state index is 12.9. The van der Waals surface area contributed by atoms with E-state index in [1.54, 1.807) is 6.07 Å². The Balaban J connectivity index is 1.62. The number of fused-ring (bicyclic) bond motifs is 1. The zero-order valence-corrected chi connectivity index (χ0v) is 14.3. The van der Waals surface area contributed by atoms with Crippen LogP contribution in [0.15, 0.2) is 66.7 Å². The number of hydrogen-bond acceptors (Lipinski definition) is 3. The Bertz CT molecular complexity index is 938. The van der Waals surface area contributed by atoms with Crippen molar-refractivity contribution in [2.75, 3.05) is 5.32 Å². The summed E-state index contributed by atoms with van der Waals surface area (Å²) in [6.07, 6.45) is 1.66. The van der Waals surface area contributed by atoms with Crippen LogP contribution < -0.4 is 5.32 Å². The zero-order chi connectivity index (χ0) is 17.2. The van der Waals surface area contributed by atoms with E-state index in [0.717, 1.165) is 24.1 Å². The van der Waals surface area contributed by atoms with Gasteiger partial charge in [0.2, 0.25) is 5.78 Å².